The zero-order chi connectivity index (χ0) is 17.6. The topological polar surface area (TPSA) is 97.0 Å². The second-order valence-corrected chi connectivity index (χ2v) is 6.35. The Bertz CT molecular complexity index is 569. The lowest BCUT2D eigenvalue weighted by atomic mass is 10.1. The molecule has 0 aromatic carbocycles. The van der Waals surface area contributed by atoms with Gasteiger partial charge in [0.15, 0.2) is 11.4 Å². The molecule has 0 amide bonds. The van der Waals surface area contributed by atoms with Gasteiger partial charge in [-0.25, -0.2) is 19.3 Å². The van der Waals surface area contributed by atoms with Crippen LogP contribution in [-0.2, 0) is 25.1 Å². The SMILES string of the molecule is CCC(CC)(O[PH](=O)OC(CC)(CC)n1cncn1)n1cncn1. The molecule has 0 atom stereocenters. The van der Waals surface area contributed by atoms with Gasteiger partial charge in [0.25, 0.3) is 0 Å². The first-order valence-electron chi connectivity index (χ1n) is 8.18. The highest BCUT2D eigenvalue weighted by Crippen LogP contribution is 2.44. The molecule has 2 aromatic heterocycles. The quantitative estimate of drug-likeness (QED) is 0.604. The molecule has 2 heterocycles. The minimum Gasteiger partial charge on any atom is -0.281 e. The van der Waals surface area contributed by atoms with E-state index in [1.54, 1.807) is 22.0 Å². The van der Waals surface area contributed by atoms with Gasteiger partial charge in [-0.2, -0.15) is 10.2 Å². The summed E-state index contributed by atoms with van der Waals surface area (Å²) in [5.41, 5.74) is -1.69. The molecule has 0 aliphatic rings. The molecule has 134 valence electrons. The van der Waals surface area contributed by atoms with Gasteiger partial charge in [0.1, 0.15) is 25.3 Å². The maximum Gasteiger partial charge on any atom is 0.323 e. The highest BCUT2D eigenvalue weighted by atomic mass is 31.1. The third kappa shape index (κ3) is 3.58. The fraction of sp³-hybridized carbons (Fsp3) is 0.714. The van der Waals surface area contributed by atoms with Gasteiger partial charge in [0.05, 0.1) is 0 Å². The van der Waals surface area contributed by atoms with Crippen molar-refractivity contribution in [1.82, 2.24) is 29.5 Å². The standard InChI is InChI=1S/C14H25N6O3P/c1-5-13(6-2,19-11-15-9-17-19)22-24(21)23-14(7-3,8-4)20-12-16-10-18-20/h9-12,24H,5-8H2,1-4H3. The van der Waals surface area contributed by atoms with E-state index >= 15 is 0 Å². The van der Waals surface area contributed by atoms with Crippen LogP contribution in [0.2, 0.25) is 0 Å². The predicted octanol–water partition coefficient (Wildman–Crippen LogP) is 2.94. The van der Waals surface area contributed by atoms with Crippen LogP contribution in [0.1, 0.15) is 53.4 Å². The zero-order valence-corrected chi connectivity index (χ0v) is 15.5. The molecule has 0 fully saturated rings. The molecule has 0 radical (unpaired) electrons. The molecule has 0 saturated heterocycles. The van der Waals surface area contributed by atoms with E-state index in [1.807, 2.05) is 27.7 Å². The Hall–Kier alpha value is -1.57. The van der Waals surface area contributed by atoms with Gasteiger partial charge >= 0.3 is 8.25 Å². The van der Waals surface area contributed by atoms with Crippen molar-refractivity contribution in [2.45, 2.75) is 64.8 Å². The summed E-state index contributed by atoms with van der Waals surface area (Å²) in [6, 6.07) is 0. The maximum atomic E-state index is 12.7. The van der Waals surface area contributed by atoms with E-state index in [2.05, 4.69) is 20.2 Å². The lowest BCUT2D eigenvalue weighted by Crippen LogP contribution is -2.37. The van der Waals surface area contributed by atoms with Crippen LogP contribution >= 0.6 is 8.25 Å². The number of hydrogen-bond donors (Lipinski definition) is 0. The van der Waals surface area contributed by atoms with Gasteiger partial charge in [-0.3, -0.25) is 13.6 Å². The van der Waals surface area contributed by atoms with Crippen molar-refractivity contribution < 1.29 is 13.6 Å². The molecule has 0 N–H and O–H groups in total. The Morgan fingerprint density at radius 1 is 0.833 bits per heavy atom. The molecule has 2 aromatic rings. The monoisotopic (exact) mass is 356 g/mol. The molecule has 2 rings (SSSR count). The number of aromatic nitrogens is 6. The second kappa shape index (κ2) is 8.00. The van der Waals surface area contributed by atoms with Gasteiger partial charge in [-0.05, 0) is 25.7 Å². The fourth-order valence-electron chi connectivity index (χ4n) is 2.70. The van der Waals surface area contributed by atoms with Crippen LogP contribution in [0.5, 0.6) is 0 Å². The Balaban J connectivity index is 2.21. The minimum absolute atomic E-state index is 0.585. The van der Waals surface area contributed by atoms with E-state index in [-0.39, 0.29) is 0 Å². The molecule has 0 aliphatic carbocycles. The summed E-state index contributed by atoms with van der Waals surface area (Å²) >= 11 is 0. The normalized spacial score (nSPS) is 12.9. The summed E-state index contributed by atoms with van der Waals surface area (Å²) in [6.45, 7) is 7.80. The lowest BCUT2D eigenvalue weighted by Gasteiger charge is -2.35. The average Bonchev–Trinajstić information content (AvgIpc) is 3.31. The Morgan fingerprint density at radius 3 is 1.46 bits per heavy atom. The highest BCUT2D eigenvalue weighted by molar-refractivity contribution is 7.33. The first-order valence-corrected chi connectivity index (χ1v) is 9.40. The Kier molecular flexibility index (Phi) is 6.26. The van der Waals surface area contributed by atoms with E-state index in [9.17, 15) is 4.57 Å². The second-order valence-electron chi connectivity index (χ2n) is 5.44. The molecule has 24 heavy (non-hydrogen) atoms. The van der Waals surface area contributed by atoms with Gasteiger partial charge in [0.2, 0.25) is 0 Å². The molecule has 9 nitrogen and oxygen atoms in total. The number of nitrogens with zero attached hydrogens (tertiary/aromatic N) is 6. The number of hydrogen-bond acceptors (Lipinski definition) is 7. The molecular formula is C14H25N6O3P. The average molecular weight is 356 g/mol. The van der Waals surface area contributed by atoms with Crippen LogP contribution in [-0.4, -0.2) is 29.5 Å². The van der Waals surface area contributed by atoms with Crippen molar-refractivity contribution >= 4 is 8.25 Å². The summed E-state index contributed by atoms with van der Waals surface area (Å²) in [6.07, 6.45) is 8.32. The summed E-state index contributed by atoms with van der Waals surface area (Å²) < 4.78 is 27.6. The number of rotatable bonds is 10. The van der Waals surface area contributed by atoms with Crippen molar-refractivity contribution in [3.63, 3.8) is 0 Å². The third-order valence-electron chi connectivity index (χ3n) is 4.43. The molecule has 0 aliphatic heterocycles. The summed E-state index contributed by atoms with van der Waals surface area (Å²) in [5, 5.41) is 8.29. The van der Waals surface area contributed by atoms with Crippen molar-refractivity contribution in [2.24, 2.45) is 0 Å². The van der Waals surface area contributed by atoms with Crippen LogP contribution in [0.25, 0.3) is 0 Å². The van der Waals surface area contributed by atoms with E-state index in [4.69, 9.17) is 9.05 Å². The summed E-state index contributed by atoms with van der Waals surface area (Å²) in [4.78, 5) is 7.91. The first-order chi connectivity index (χ1) is 11.6. The van der Waals surface area contributed by atoms with Crippen LogP contribution in [0.15, 0.2) is 25.3 Å². The molecule has 0 spiro atoms. The minimum atomic E-state index is -2.83. The molecule has 0 saturated carbocycles. The van der Waals surface area contributed by atoms with Crippen molar-refractivity contribution in [2.75, 3.05) is 0 Å². The Labute approximate surface area is 142 Å². The van der Waals surface area contributed by atoms with E-state index in [0.717, 1.165) is 0 Å². The molecule has 0 unspecified atom stereocenters. The van der Waals surface area contributed by atoms with Crippen molar-refractivity contribution in [3.05, 3.63) is 25.3 Å². The van der Waals surface area contributed by atoms with Crippen molar-refractivity contribution in [3.8, 4) is 0 Å². The molecule has 10 heteroatoms. The van der Waals surface area contributed by atoms with Crippen LogP contribution in [0, 0.1) is 0 Å². The van der Waals surface area contributed by atoms with Crippen LogP contribution < -0.4 is 0 Å². The predicted molar refractivity (Wildman–Crippen MR) is 88.3 cm³/mol. The first kappa shape index (κ1) is 18.8. The Morgan fingerprint density at radius 2 is 1.21 bits per heavy atom. The smallest absolute Gasteiger partial charge is 0.281 e. The zero-order valence-electron chi connectivity index (χ0n) is 14.5. The fourth-order valence-corrected chi connectivity index (χ4v) is 4.13. The molecule has 0 bridgehead atoms. The summed E-state index contributed by atoms with van der Waals surface area (Å²) in [5.74, 6) is 0. The summed E-state index contributed by atoms with van der Waals surface area (Å²) in [7, 11) is -2.83. The van der Waals surface area contributed by atoms with E-state index in [1.165, 1.54) is 12.7 Å². The van der Waals surface area contributed by atoms with Gasteiger partial charge < -0.3 is 0 Å². The van der Waals surface area contributed by atoms with Crippen molar-refractivity contribution in [1.29, 1.82) is 0 Å². The van der Waals surface area contributed by atoms with E-state index in [0.29, 0.717) is 25.7 Å². The van der Waals surface area contributed by atoms with Crippen LogP contribution in [0.3, 0.4) is 0 Å². The van der Waals surface area contributed by atoms with Gasteiger partial charge in [0, 0.05) is 0 Å². The van der Waals surface area contributed by atoms with E-state index < -0.39 is 19.7 Å². The lowest BCUT2D eigenvalue weighted by molar-refractivity contribution is -0.0781. The van der Waals surface area contributed by atoms with Gasteiger partial charge in [-0.15, -0.1) is 0 Å². The largest absolute Gasteiger partial charge is 0.323 e. The molecular weight excluding hydrogens is 331 g/mol. The maximum absolute atomic E-state index is 12.7. The van der Waals surface area contributed by atoms with Gasteiger partial charge in [-0.1, -0.05) is 27.7 Å². The third-order valence-corrected chi connectivity index (χ3v) is 5.52. The highest BCUT2D eigenvalue weighted by Gasteiger charge is 2.37. The van der Waals surface area contributed by atoms with Crippen LogP contribution in [0.4, 0.5) is 0 Å².